The Morgan fingerprint density at radius 2 is 1.84 bits per heavy atom. The zero-order valence-electron chi connectivity index (χ0n) is 14.0. The lowest BCUT2D eigenvalue weighted by atomic mass is 10.1. The Morgan fingerprint density at radius 1 is 1.16 bits per heavy atom. The van der Waals surface area contributed by atoms with Crippen LogP contribution in [0.5, 0.6) is 0 Å². The second-order valence-electron chi connectivity index (χ2n) is 5.72. The largest absolute Gasteiger partial charge is 0.324 e. The third-order valence-electron chi connectivity index (χ3n) is 3.67. The van der Waals surface area contributed by atoms with Crippen molar-refractivity contribution in [1.82, 2.24) is 0 Å². The van der Waals surface area contributed by atoms with Crippen molar-refractivity contribution < 1.29 is 13.2 Å². The van der Waals surface area contributed by atoms with Gasteiger partial charge in [-0.1, -0.05) is 17.7 Å². The van der Waals surface area contributed by atoms with Crippen LogP contribution in [0.4, 0.5) is 11.4 Å². The van der Waals surface area contributed by atoms with Gasteiger partial charge in [0.1, 0.15) is 6.54 Å². The van der Waals surface area contributed by atoms with E-state index in [1.54, 1.807) is 30.3 Å². The predicted octanol–water partition coefficient (Wildman–Crippen LogP) is 4.12. The van der Waals surface area contributed by atoms with Gasteiger partial charge in [-0.2, -0.15) is 0 Å². The molecule has 0 heterocycles. The number of hydrogen-bond donors (Lipinski definition) is 1. The summed E-state index contributed by atoms with van der Waals surface area (Å²) in [4.78, 5) is 12.3. The molecule has 2 rings (SSSR count). The molecule has 0 spiro atoms. The van der Waals surface area contributed by atoms with Crippen LogP contribution in [0.1, 0.15) is 11.1 Å². The number of nitrogens with zero attached hydrogens (tertiary/aromatic N) is 1. The second-order valence-corrected chi connectivity index (χ2v) is 8.88. The third-order valence-corrected chi connectivity index (χ3v) is 6.04. The highest BCUT2D eigenvalue weighted by Crippen LogP contribution is 2.26. The standard InChI is InChI=1S/C17H18BrClN2O3S/c1-11-4-6-14(8-12(11)2)21(25(3,23)24)10-17(22)20-13-5-7-15(18)16(19)9-13/h4-9H,10H2,1-3H3,(H,20,22). The molecular formula is C17H18BrClN2O3S. The Kier molecular flexibility index (Phi) is 6.13. The Bertz CT molecular complexity index is 916. The van der Waals surface area contributed by atoms with Crippen molar-refractivity contribution in [3.05, 3.63) is 57.0 Å². The molecule has 0 aliphatic heterocycles. The van der Waals surface area contributed by atoms with Crippen LogP contribution in [-0.2, 0) is 14.8 Å². The molecule has 1 amide bonds. The number of aryl methyl sites for hydroxylation is 2. The maximum Gasteiger partial charge on any atom is 0.245 e. The van der Waals surface area contributed by atoms with Crippen LogP contribution in [0.2, 0.25) is 5.02 Å². The molecule has 1 N–H and O–H groups in total. The summed E-state index contributed by atoms with van der Waals surface area (Å²) < 4.78 is 26.1. The van der Waals surface area contributed by atoms with Crippen LogP contribution in [0.3, 0.4) is 0 Å². The van der Waals surface area contributed by atoms with Crippen molar-refractivity contribution in [1.29, 1.82) is 0 Å². The Labute approximate surface area is 161 Å². The SMILES string of the molecule is Cc1ccc(N(CC(=O)Nc2ccc(Br)c(Cl)c2)S(C)(=O)=O)cc1C. The first-order chi connectivity index (χ1) is 11.6. The van der Waals surface area contributed by atoms with Gasteiger partial charge in [0.15, 0.2) is 0 Å². The summed E-state index contributed by atoms with van der Waals surface area (Å²) in [5, 5.41) is 3.11. The first-order valence-electron chi connectivity index (χ1n) is 7.38. The number of hydrogen-bond acceptors (Lipinski definition) is 3. The fourth-order valence-electron chi connectivity index (χ4n) is 2.19. The number of benzene rings is 2. The van der Waals surface area contributed by atoms with E-state index in [0.717, 1.165) is 21.7 Å². The third kappa shape index (κ3) is 5.20. The number of amides is 1. The average Bonchev–Trinajstić information content (AvgIpc) is 2.50. The number of carbonyl (C=O) groups is 1. The predicted molar refractivity (Wildman–Crippen MR) is 106 cm³/mol. The van der Waals surface area contributed by atoms with Crippen LogP contribution in [0, 0.1) is 13.8 Å². The quantitative estimate of drug-likeness (QED) is 0.752. The van der Waals surface area contributed by atoms with Crippen LogP contribution in [-0.4, -0.2) is 27.1 Å². The zero-order valence-corrected chi connectivity index (χ0v) is 17.2. The van der Waals surface area contributed by atoms with Crippen molar-refractivity contribution >= 4 is 54.8 Å². The molecule has 0 aliphatic rings. The highest BCUT2D eigenvalue weighted by Gasteiger charge is 2.21. The van der Waals surface area contributed by atoms with Crippen LogP contribution < -0.4 is 9.62 Å². The van der Waals surface area contributed by atoms with Gasteiger partial charge in [0.2, 0.25) is 15.9 Å². The van der Waals surface area contributed by atoms with Gasteiger partial charge in [0.05, 0.1) is 17.0 Å². The van der Waals surface area contributed by atoms with E-state index in [0.29, 0.717) is 20.9 Å². The molecule has 0 unspecified atom stereocenters. The first kappa shape index (κ1) is 19.8. The Balaban J connectivity index is 2.23. The Morgan fingerprint density at radius 3 is 2.40 bits per heavy atom. The van der Waals surface area contributed by atoms with E-state index in [1.807, 2.05) is 19.9 Å². The zero-order chi connectivity index (χ0) is 18.8. The van der Waals surface area contributed by atoms with Crippen molar-refractivity contribution in [3.8, 4) is 0 Å². The minimum absolute atomic E-state index is 0.324. The van der Waals surface area contributed by atoms with Gasteiger partial charge in [-0.3, -0.25) is 9.10 Å². The molecule has 2 aromatic rings. The summed E-state index contributed by atoms with van der Waals surface area (Å²) in [5.74, 6) is -0.456. The molecule has 0 atom stereocenters. The smallest absolute Gasteiger partial charge is 0.245 e. The summed E-state index contributed by atoms with van der Waals surface area (Å²) in [6.45, 7) is 3.51. The van der Waals surface area contributed by atoms with Crippen molar-refractivity contribution in [2.24, 2.45) is 0 Å². The molecule has 0 aliphatic carbocycles. The summed E-state index contributed by atoms with van der Waals surface area (Å²) in [6, 6.07) is 10.2. The highest BCUT2D eigenvalue weighted by molar-refractivity contribution is 9.10. The highest BCUT2D eigenvalue weighted by atomic mass is 79.9. The van der Waals surface area contributed by atoms with Crippen molar-refractivity contribution in [3.63, 3.8) is 0 Å². The van der Waals surface area contributed by atoms with Gasteiger partial charge in [0.25, 0.3) is 0 Å². The molecule has 25 heavy (non-hydrogen) atoms. The summed E-state index contributed by atoms with van der Waals surface area (Å²) >= 11 is 9.27. The fourth-order valence-corrected chi connectivity index (χ4v) is 3.46. The lowest BCUT2D eigenvalue weighted by Crippen LogP contribution is -2.37. The lowest BCUT2D eigenvalue weighted by molar-refractivity contribution is -0.114. The topological polar surface area (TPSA) is 66.5 Å². The maximum absolute atomic E-state index is 12.3. The molecule has 0 saturated heterocycles. The van der Waals surface area contributed by atoms with Gasteiger partial charge in [-0.15, -0.1) is 0 Å². The van der Waals surface area contributed by atoms with Gasteiger partial charge in [-0.25, -0.2) is 8.42 Å². The van der Waals surface area contributed by atoms with Gasteiger partial charge >= 0.3 is 0 Å². The summed E-state index contributed by atoms with van der Waals surface area (Å²) in [6.07, 6.45) is 1.08. The molecule has 0 saturated carbocycles. The molecule has 0 aromatic heterocycles. The fraction of sp³-hybridized carbons (Fsp3) is 0.235. The second kappa shape index (κ2) is 7.76. The number of halogens is 2. The average molecular weight is 446 g/mol. The van der Waals surface area contributed by atoms with E-state index in [-0.39, 0.29) is 6.54 Å². The summed E-state index contributed by atoms with van der Waals surface area (Å²) in [5.41, 5.74) is 2.94. The van der Waals surface area contributed by atoms with Gasteiger partial charge in [0, 0.05) is 10.2 Å². The molecular weight excluding hydrogens is 428 g/mol. The number of sulfonamides is 1. The first-order valence-corrected chi connectivity index (χ1v) is 10.4. The molecule has 0 fully saturated rings. The number of anilines is 2. The lowest BCUT2D eigenvalue weighted by Gasteiger charge is -2.22. The minimum atomic E-state index is -3.61. The molecule has 5 nitrogen and oxygen atoms in total. The van der Waals surface area contributed by atoms with E-state index in [9.17, 15) is 13.2 Å². The van der Waals surface area contributed by atoms with E-state index in [1.165, 1.54) is 0 Å². The summed E-state index contributed by atoms with van der Waals surface area (Å²) in [7, 11) is -3.61. The Hall–Kier alpha value is -1.57. The van der Waals surface area contributed by atoms with E-state index in [2.05, 4.69) is 21.2 Å². The number of nitrogens with one attached hydrogen (secondary N) is 1. The minimum Gasteiger partial charge on any atom is -0.324 e. The normalized spacial score (nSPS) is 11.2. The van der Waals surface area contributed by atoms with Crippen LogP contribution in [0.25, 0.3) is 0 Å². The number of rotatable bonds is 5. The van der Waals surface area contributed by atoms with Crippen molar-refractivity contribution in [2.45, 2.75) is 13.8 Å². The van der Waals surface area contributed by atoms with E-state index >= 15 is 0 Å². The van der Waals surface area contributed by atoms with Crippen LogP contribution in [0.15, 0.2) is 40.9 Å². The molecule has 2 aromatic carbocycles. The monoisotopic (exact) mass is 444 g/mol. The van der Waals surface area contributed by atoms with Gasteiger partial charge < -0.3 is 5.32 Å². The van der Waals surface area contributed by atoms with Gasteiger partial charge in [-0.05, 0) is 71.2 Å². The number of carbonyl (C=O) groups excluding carboxylic acids is 1. The molecule has 0 bridgehead atoms. The van der Waals surface area contributed by atoms with Crippen molar-refractivity contribution in [2.75, 3.05) is 22.4 Å². The molecule has 134 valence electrons. The van der Waals surface area contributed by atoms with Crippen LogP contribution >= 0.6 is 27.5 Å². The van der Waals surface area contributed by atoms with E-state index < -0.39 is 15.9 Å². The molecule has 8 heteroatoms. The maximum atomic E-state index is 12.3. The molecule has 0 radical (unpaired) electrons. The van der Waals surface area contributed by atoms with E-state index in [4.69, 9.17) is 11.6 Å².